The lowest BCUT2D eigenvalue weighted by Gasteiger charge is -2.26. The summed E-state index contributed by atoms with van der Waals surface area (Å²) in [5, 5.41) is 12.8. The van der Waals surface area contributed by atoms with Gasteiger partial charge in [0.2, 0.25) is 0 Å². The Balaban J connectivity index is 3.90. The van der Waals surface area contributed by atoms with E-state index in [-0.39, 0.29) is 12.6 Å². The Morgan fingerprint density at radius 1 is 0.900 bits per heavy atom. The number of aliphatic hydroxyl groups is 1. The van der Waals surface area contributed by atoms with Crippen LogP contribution in [-0.2, 0) is 0 Å². The van der Waals surface area contributed by atoms with Crippen LogP contribution in [0, 0.1) is 0 Å². The lowest BCUT2D eigenvalue weighted by atomic mass is 10.2. The highest BCUT2D eigenvalue weighted by atomic mass is 16.3. The summed E-state index contributed by atoms with van der Waals surface area (Å²) >= 11 is 0. The molecule has 20 heavy (non-hydrogen) atoms. The van der Waals surface area contributed by atoms with Gasteiger partial charge in [-0.15, -0.1) is 0 Å². The molecule has 122 valence electrons. The summed E-state index contributed by atoms with van der Waals surface area (Å²) in [6.45, 7) is 18.0. The van der Waals surface area contributed by atoms with Crippen LogP contribution in [0.15, 0.2) is 0 Å². The molecule has 0 heterocycles. The Morgan fingerprint density at radius 2 is 1.45 bits per heavy atom. The average molecular weight is 287 g/mol. The van der Waals surface area contributed by atoms with Gasteiger partial charge in [0.1, 0.15) is 0 Å². The van der Waals surface area contributed by atoms with E-state index in [9.17, 15) is 5.11 Å². The third-order valence-electron chi connectivity index (χ3n) is 3.87. The van der Waals surface area contributed by atoms with Crippen LogP contribution in [0.1, 0.15) is 47.5 Å². The number of nitrogens with zero attached hydrogens (tertiary/aromatic N) is 2. The molecule has 0 radical (unpaired) electrons. The number of hydrogen-bond donors (Lipinski definition) is 2. The van der Waals surface area contributed by atoms with Gasteiger partial charge >= 0.3 is 0 Å². The molecule has 4 heteroatoms. The maximum Gasteiger partial charge on any atom is 0.0585 e. The zero-order valence-electron chi connectivity index (χ0n) is 14.4. The summed E-state index contributed by atoms with van der Waals surface area (Å²) in [7, 11) is 0. The Kier molecular flexibility index (Phi) is 12.5. The molecule has 0 fully saturated rings. The van der Waals surface area contributed by atoms with Crippen molar-refractivity contribution in [1.29, 1.82) is 0 Å². The van der Waals surface area contributed by atoms with Crippen molar-refractivity contribution in [3.8, 4) is 0 Å². The molecular formula is C16H37N3O. The molecule has 0 saturated heterocycles. The van der Waals surface area contributed by atoms with E-state index in [0.717, 1.165) is 39.1 Å². The van der Waals surface area contributed by atoms with Crippen LogP contribution in [0.5, 0.6) is 0 Å². The quantitative estimate of drug-likeness (QED) is 0.542. The largest absolute Gasteiger partial charge is 0.395 e. The molecule has 0 aliphatic heterocycles. The van der Waals surface area contributed by atoms with Gasteiger partial charge in [0.05, 0.1) is 6.61 Å². The van der Waals surface area contributed by atoms with Gasteiger partial charge in [-0.3, -0.25) is 0 Å². The normalized spacial score (nSPS) is 13.7. The second kappa shape index (κ2) is 12.6. The van der Waals surface area contributed by atoms with Crippen molar-refractivity contribution >= 4 is 0 Å². The summed E-state index contributed by atoms with van der Waals surface area (Å²) in [5.41, 5.74) is 0. The molecule has 0 aromatic heterocycles. The van der Waals surface area contributed by atoms with Gasteiger partial charge < -0.3 is 20.2 Å². The monoisotopic (exact) mass is 287 g/mol. The number of nitrogens with one attached hydrogen (secondary N) is 1. The van der Waals surface area contributed by atoms with Crippen LogP contribution >= 0.6 is 0 Å². The maximum absolute atomic E-state index is 9.39. The van der Waals surface area contributed by atoms with E-state index in [1.807, 2.05) is 0 Å². The van der Waals surface area contributed by atoms with E-state index in [1.54, 1.807) is 0 Å². The summed E-state index contributed by atoms with van der Waals surface area (Å²) in [5.74, 6) is 0. The number of aliphatic hydroxyl groups excluding tert-OH is 1. The van der Waals surface area contributed by atoms with Gasteiger partial charge in [-0.2, -0.15) is 0 Å². The zero-order chi connectivity index (χ0) is 15.4. The smallest absolute Gasteiger partial charge is 0.0585 e. The second-order valence-electron chi connectivity index (χ2n) is 5.80. The van der Waals surface area contributed by atoms with E-state index in [1.165, 1.54) is 13.0 Å². The van der Waals surface area contributed by atoms with Crippen molar-refractivity contribution in [3.05, 3.63) is 0 Å². The molecule has 1 atom stereocenters. The highest BCUT2D eigenvalue weighted by Crippen LogP contribution is 2.00. The highest BCUT2D eigenvalue weighted by Gasteiger charge is 2.11. The summed E-state index contributed by atoms with van der Waals surface area (Å²) in [4.78, 5) is 4.97. The Bertz CT molecular complexity index is 208. The fourth-order valence-corrected chi connectivity index (χ4v) is 2.52. The zero-order valence-corrected chi connectivity index (χ0v) is 14.4. The topological polar surface area (TPSA) is 38.7 Å². The van der Waals surface area contributed by atoms with Gasteiger partial charge in [0.25, 0.3) is 0 Å². The molecule has 0 bridgehead atoms. The Hall–Kier alpha value is -0.160. The first kappa shape index (κ1) is 19.8. The molecule has 0 spiro atoms. The van der Waals surface area contributed by atoms with Gasteiger partial charge in [-0.25, -0.2) is 0 Å². The van der Waals surface area contributed by atoms with Gasteiger partial charge in [0, 0.05) is 12.1 Å². The van der Waals surface area contributed by atoms with Gasteiger partial charge in [-0.05, 0) is 52.1 Å². The van der Waals surface area contributed by atoms with Crippen molar-refractivity contribution in [1.82, 2.24) is 15.1 Å². The molecule has 0 rings (SSSR count). The molecular weight excluding hydrogens is 250 g/mol. The summed E-state index contributed by atoms with van der Waals surface area (Å²) in [6, 6.07) is 0.664. The maximum atomic E-state index is 9.39. The minimum atomic E-state index is 0.229. The number of hydrogen-bond acceptors (Lipinski definition) is 4. The van der Waals surface area contributed by atoms with Crippen molar-refractivity contribution in [2.24, 2.45) is 0 Å². The second-order valence-corrected chi connectivity index (χ2v) is 5.80. The standard InChI is InChI=1S/C16H37N3O/c1-6-18(7-2)11-9-12-19(8-3)13-10-16(14-20)17-15(4)5/h15-17,20H,6-14H2,1-5H3. The van der Waals surface area contributed by atoms with Crippen LogP contribution in [-0.4, -0.2) is 72.9 Å². The van der Waals surface area contributed by atoms with Crippen LogP contribution in [0.3, 0.4) is 0 Å². The van der Waals surface area contributed by atoms with Crippen molar-refractivity contribution in [2.45, 2.75) is 59.5 Å². The molecule has 0 aliphatic carbocycles. The molecule has 0 amide bonds. The molecule has 2 N–H and O–H groups in total. The summed E-state index contributed by atoms with van der Waals surface area (Å²) in [6.07, 6.45) is 2.25. The summed E-state index contributed by atoms with van der Waals surface area (Å²) < 4.78 is 0. The molecule has 4 nitrogen and oxygen atoms in total. The number of rotatable bonds is 13. The van der Waals surface area contributed by atoms with Crippen molar-refractivity contribution < 1.29 is 5.11 Å². The van der Waals surface area contributed by atoms with Crippen LogP contribution in [0.25, 0.3) is 0 Å². The average Bonchev–Trinajstić information content (AvgIpc) is 2.44. The van der Waals surface area contributed by atoms with Crippen LogP contribution in [0.2, 0.25) is 0 Å². The first-order valence-electron chi connectivity index (χ1n) is 8.38. The Labute approximate surface area is 126 Å². The highest BCUT2D eigenvalue weighted by molar-refractivity contribution is 4.70. The van der Waals surface area contributed by atoms with Crippen LogP contribution < -0.4 is 5.32 Å². The molecule has 0 aromatic rings. The molecule has 0 saturated carbocycles. The first-order valence-corrected chi connectivity index (χ1v) is 8.38. The minimum absolute atomic E-state index is 0.229. The third kappa shape index (κ3) is 9.70. The van der Waals surface area contributed by atoms with E-state index >= 15 is 0 Å². The molecule has 1 unspecified atom stereocenters. The van der Waals surface area contributed by atoms with Gasteiger partial charge in [0.15, 0.2) is 0 Å². The molecule has 0 aliphatic rings. The third-order valence-corrected chi connectivity index (χ3v) is 3.87. The minimum Gasteiger partial charge on any atom is -0.395 e. The predicted molar refractivity (Wildman–Crippen MR) is 88.3 cm³/mol. The lowest BCUT2D eigenvalue weighted by molar-refractivity contribution is 0.196. The van der Waals surface area contributed by atoms with Gasteiger partial charge in [-0.1, -0.05) is 34.6 Å². The van der Waals surface area contributed by atoms with E-state index in [2.05, 4.69) is 49.7 Å². The van der Waals surface area contributed by atoms with E-state index in [0.29, 0.717) is 6.04 Å². The van der Waals surface area contributed by atoms with Crippen molar-refractivity contribution in [3.63, 3.8) is 0 Å². The van der Waals surface area contributed by atoms with E-state index < -0.39 is 0 Å². The van der Waals surface area contributed by atoms with Crippen molar-refractivity contribution in [2.75, 3.05) is 45.9 Å². The Morgan fingerprint density at radius 3 is 1.90 bits per heavy atom. The van der Waals surface area contributed by atoms with Crippen LogP contribution in [0.4, 0.5) is 0 Å². The SMILES string of the molecule is CCN(CC)CCCN(CC)CCC(CO)NC(C)C. The molecule has 0 aromatic carbocycles. The predicted octanol–water partition coefficient (Wildman–Crippen LogP) is 1.79. The first-order chi connectivity index (χ1) is 9.57. The van der Waals surface area contributed by atoms with E-state index in [4.69, 9.17) is 0 Å². The lowest BCUT2D eigenvalue weighted by Crippen LogP contribution is -2.40. The fraction of sp³-hybridized carbons (Fsp3) is 1.00. The fourth-order valence-electron chi connectivity index (χ4n) is 2.52.